The van der Waals surface area contributed by atoms with Crippen LogP contribution in [0, 0.1) is 5.41 Å². The Kier molecular flexibility index (Phi) is 2.81. The lowest BCUT2D eigenvalue weighted by Crippen LogP contribution is -2.22. The Hall–Kier alpha value is -1.18. The Morgan fingerprint density at radius 2 is 2.23 bits per heavy atom. The summed E-state index contributed by atoms with van der Waals surface area (Å²) < 4.78 is 5.19. The molecule has 0 aliphatic carbocycles. The van der Waals surface area contributed by atoms with Crippen LogP contribution in [0.4, 0.5) is 0 Å². The van der Waals surface area contributed by atoms with Gasteiger partial charge in [0.05, 0.1) is 12.8 Å². The lowest BCUT2D eigenvalue weighted by Gasteiger charge is -2.22. The van der Waals surface area contributed by atoms with E-state index in [1.165, 1.54) is 0 Å². The van der Waals surface area contributed by atoms with E-state index in [9.17, 15) is 0 Å². The van der Waals surface area contributed by atoms with E-state index in [4.69, 9.17) is 4.42 Å². The summed E-state index contributed by atoms with van der Waals surface area (Å²) in [5.74, 6) is 0.936. The van der Waals surface area contributed by atoms with Crippen molar-refractivity contribution in [3.05, 3.63) is 36.4 Å². The second kappa shape index (κ2) is 3.69. The van der Waals surface area contributed by atoms with Crippen LogP contribution < -0.4 is 5.32 Å². The first-order valence-corrected chi connectivity index (χ1v) is 4.46. The average molecular weight is 179 g/mol. The van der Waals surface area contributed by atoms with Crippen LogP contribution in [0.3, 0.4) is 0 Å². The summed E-state index contributed by atoms with van der Waals surface area (Å²) >= 11 is 0. The Morgan fingerprint density at radius 1 is 1.54 bits per heavy atom. The summed E-state index contributed by atoms with van der Waals surface area (Å²) in [7, 11) is 0. The molecule has 0 fully saturated rings. The maximum absolute atomic E-state index is 5.19. The summed E-state index contributed by atoms with van der Waals surface area (Å²) in [4.78, 5) is 0. The molecule has 0 aromatic carbocycles. The second-order valence-corrected chi connectivity index (χ2v) is 4.16. The van der Waals surface area contributed by atoms with Gasteiger partial charge in [-0.15, -0.1) is 0 Å². The Labute approximate surface area is 79.6 Å². The van der Waals surface area contributed by atoms with E-state index in [-0.39, 0.29) is 5.41 Å². The van der Waals surface area contributed by atoms with Gasteiger partial charge in [0.15, 0.2) is 0 Å². The summed E-state index contributed by atoms with van der Waals surface area (Å²) in [6.45, 7) is 11.1. The molecular weight excluding hydrogens is 162 g/mol. The van der Waals surface area contributed by atoms with Gasteiger partial charge in [-0.1, -0.05) is 27.4 Å². The lowest BCUT2D eigenvalue weighted by atomic mass is 9.93. The minimum Gasteiger partial charge on any atom is -0.467 e. The molecule has 0 aliphatic heterocycles. The highest BCUT2D eigenvalue weighted by Crippen LogP contribution is 2.21. The number of furan rings is 1. The lowest BCUT2D eigenvalue weighted by molar-refractivity contribution is 0.437. The van der Waals surface area contributed by atoms with Crippen molar-refractivity contribution >= 4 is 0 Å². The van der Waals surface area contributed by atoms with Crippen molar-refractivity contribution in [1.29, 1.82) is 0 Å². The molecule has 0 amide bonds. The van der Waals surface area contributed by atoms with Crippen molar-refractivity contribution in [2.24, 2.45) is 5.41 Å². The molecule has 2 nitrogen and oxygen atoms in total. The third-order valence-electron chi connectivity index (χ3n) is 1.96. The van der Waals surface area contributed by atoms with Crippen molar-refractivity contribution in [1.82, 2.24) is 5.32 Å². The molecule has 72 valence electrons. The molecule has 0 spiro atoms. The fourth-order valence-electron chi connectivity index (χ4n) is 0.872. The number of rotatable bonds is 3. The molecule has 1 N–H and O–H groups in total. The molecule has 1 aromatic rings. The molecule has 13 heavy (non-hydrogen) atoms. The summed E-state index contributed by atoms with van der Waals surface area (Å²) in [6, 6.07) is 3.83. The zero-order valence-electron chi connectivity index (χ0n) is 8.55. The van der Waals surface area contributed by atoms with Crippen molar-refractivity contribution in [2.45, 2.75) is 27.3 Å². The third-order valence-corrected chi connectivity index (χ3v) is 1.96. The van der Waals surface area contributed by atoms with Crippen molar-refractivity contribution in [3.8, 4) is 0 Å². The van der Waals surface area contributed by atoms with Gasteiger partial charge in [0.1, 0.15) is 5.76 Å². The molecular formula is C11H17NO. The van der Waals surface area contributed by atoms with Crippen LogP contribution in [-0.2, 0) is 6.54 Å². The first-order chi connectivity index (χ1) is 6.00. The van der Waals surface area contributed by atoms with Crippen LogP contribution in [0.5, 0.6) is 0 Å². The summed E-state index contributed by atoms with van der Waals surface area (Å²) in [5.41, 5.74) is 1.14. The van der Waals surface area contributed by atoms with Crippen LogP contribution in [0.1, 0.15) is 26.5 Å². The van der Waals surface area contributed by atoms with Crippen LogP contribution in [0.2, 0.25) is 0 Å². The maximum Gasteiger partial charge on any atom is 0.122 e. The topological polar surface area (TPSA) is 25.2 Å². The minimum absolute atomic E-state index is 0.104. The molecule has 0 unspecified atom stereocenters. The second-order valence-electron chi connectivity index (χ2n) is 4.16. The van der Waals surface area contributed by atoms with Gasteiger partial charge in [0, 0.05) is 11.1 Å². The van der Waals surface area contributed by atoms with Crippen molar-refractivity contribution in [2.75, 3.05) is 0 Å². The molecule has 2 heteroatoms. The SMILES string of the molecule is C=C(NCc1ccco1)C(C)(C)C. The standard InChI is InChI=1S/C11H17NO/c1-9(11(2,3)4)12-8-10-6-5-7-13-10/h5-7,12H,1,8H2,2-4H3. The highest BCUT2D eigenvalue weighted by atomic mass is 16.3. The van der Waals surface area contributed by atoms with Gasteiger partial charge in [-0.05, 0) is 12.1 Å². The molecule has 0 atom stereocenters. The van der Waals surface area contributed by atoms with Gasteiger partial charge in [-0.2, -0.15) is 0 Å². The molecule has 1 heterocycles. The highest BCUT2D eigenvalue weighted by molar-refractivity contribution is 5.05. The van der Waals surface area contributed by atoms with Gasteiger partial charge in [-0.3, -0.25) is 0 Å². The minimum atomic E-state index is 0.104. The quantitative estimate of drug-likeness (QED) is 0.771. The van der Waals surface area contributed by atoms with E-state index in [0.717, 1.165) is 11.5 Å². The summed E-state index contributed by atoms with van der Waals surface area (Å²) in [6.07, 6.45) is 1.68. The van der Waals surface area contributed by atoms with Gasteiger partial charge in [-0.25, -0.2) is 0 Å². The number of hydrogen-bond acceptors (Lipinski definition) is 2. The molecule has 0 saturated heterocycles. The molecule has 0 aliphatic rings. The normalized spacial score (nSPS) is 11.3. The first-order valence-electron chi connectivity index (χ1n) is 4.46. The van der Waals surface area contributed by atoms with E-state index in [2.05, 4.69) is 32.7 Å². The van der Waals surface area contributed by atoms with E-state index in [1.807, 2.05) is 12.1 Å². The van der Waals surface area contributed by atoms with Gasteiger partial charge in [0.2, 0.25) is 0 Å². The predicted molar refractivity (Wildman–Crippen MR) is 54.1 cm³/mol. The van der Waals surface area contributed by atoms with Crippen LogP contribution in [-0.4, -0.2) is 0 Å². The van der Waals surface area contributed by atoms with E-state index < -0.39 is 0 Å². The number of allylic oxidation sites excluding steroid dienone is 1. The fourth-order valence-corrected chi connectivity index (χ4v) is 0.872. The van der Waals surface area contributed by atoms with Crippen LogP contribution in [0.25, 0.3) is 0 Å². The third kappa shape index (κ3) is 2.98. The monoisotopic (exact) mass is 179 g/mol. The molecule has 1 rings (SSSR count). The van der Waals surface area contributed by atoms with Gasteiger partial charge < -0.3 is 9.73 Å². The largest absolute Gasteiger partial charge is 0.467 e. The highest BCUT2D eigenvalue weighted by Gasteiger charge is 2.14. The maximum atomic E-state index is 5.19. The summed E-state index contributed by atoms with van der Waals surface area (Å²) in [5, 5.41) is 3.24. The molecule has 0 radical (unpaired) electrons. The smallest absolute Gasteiger partial charge is 0.122 e. The zero-order valence-corrected chi connectivity index (χ0v) is 8.55. The van der Waals surface area contributed by atoms with Crippen LogP contribution >= 0.6 is 0 Å². The van der Waals surface area contributed by atoms with Crippen molar-refractivity contribution in [3.63, 3.8) is 0 Å². The number of nitrogens with one attached hydrogen (secondary N) is 1. The van der Waals surface area contributed by atoms with Crippen LogP contribution in [0.15, 0.2) is 35.1 Å². The molecule has 1 aromatic heterocycles. The Balaban J connectivity index is 2.40. The molecule has 0 bridgehead atoms. The predicted octanol–water partition coefficient (Wildman–Crippen LogP) is 2.93. The van der Waals surface area contributed by atoms with Gasteiger partial charge in [0.25, 0.3) is 0 Å². The van der Waals surface area contributed by atoms with E-state index >= 15 is 0 Å². The molecule has 0 saturated carbocycles. The Morgan fingerprint density at radius 3 is 2.69 bits per heavy atom. The van der Waals surface area contributed by atoms with Gasteiger partial charge >= 0.3 is 0 Å². The average Bonchev–Trinajstić information content (AvgIpc) is 2.50. The fraction of sp³-hybridized carbons (Fsp3) is 0.455. The van der Waals surface area contributed by atoms with Crippen molar-refractivity contribution < 1.29 is 4.42 Å². The van der Waals surface area contributed by atoms with E-state index in [0.29, 0.717) is 6.54 Å². The number of hydrogen-bond donors (Lipinski definition) is 1. The Bertz CT molecular complexity index is 267. The van der Waals surface area contributed by atoms with E-state index in [1.54, 1.807) is 6.26 Å². The zero-order chi connectivity index (χ0) is 9.90. The first kappa shape index (κ1) is 9.90.